The maximum atomic E-state index is 13.0. The number of anilines is 2. The van der Waals surface area contributed by atoms with Crippen LogP contribution in [0.5, 0.6) is 6.01 Å². The molecule has 9 nitrogen and oxygen atoms in total. The van der Waals surface area contributed by atoms with E-state index in [1.807, 2.05) is 17.0 Å². The number of carbonyl (C=O) groups is 1. The molecule has 2 aromatic carbocycles. The van der Waals surface area contributed by atoms with Gasteiger partial charge in [-0.05, 0) is 56.8 Å². The lowest BCUT2D eigenvalue weighted by molar-refractivity contribution is -0.133. The van der Waals surface area contributed by atoms with Crippen molar-refractivity contribution in [2.45, 2.75) is 57.2 Å². The van der Waals surface area contributed by atoms with E-state index in [1.54, 1.807) is 0 Å². The van der Waals surface area contributed by atoms with Gasteiger partial charge in [0, 0.05) is 60.6 Å². The van der Waals surface area contributed by atoms with Crippen LogP contribution >= 0.6 is 27.5 Å². The Kier molecular flexibility index (Phi) is 9.74. The number of hydrogen-bond acceptors (Lipinski definition) is 8. The minimum absolute atomic E-state index is 0.114. The number of likely N-dealkylation sites (tertiary alicyclic amines) is 1. The molecule has 44 heavy (non-hydrogen) atoms. The topological polar surface area (TPSA) is 88.8 Å². The van der Waals surface area contributed by atoms with Crippen molar-refractivity contribution in [3.63, 3.8) is 0 Å². The standard InChI is InChI=1S/C33H39BrClN7O2/c1-39-16-5-8-25(39)22-44-33-37-28-21-40(29-10-3-7-23-6-2-9-27(35)31(23)29)17-13-26(28)32(38-33)41-18-19-42(24(20-41)12-15-36)30(43)11-4-14-34/h2-3,6-7,9-10,24-25H,4-5,8,11-14,16-22H2,1H3/t24-,25-/m0/s1. The highest BCUT2D eigenvalue weighted by Crippen LogP contribution is 2.37. The summed E-state index contributed by atoms with van der Waals surface area (Å²) in [6.45, 7) is 4.81. The smallest absolute Gasteiger partial charge is 0.318 e. The minimum atomic E-state index is -0.184. The largest absolute Gasteiger partial charge is 0.462 e. The Morgan fingerprint density at radius 1 is 1.11 bits per heavy atom. The number of alkyl halides is 1. The Morgan fingerprint density at radius 2 is 1.95 bits per heavy atom. The van der Waals surface area contributed by atoms with Gasteiger partial charge in [-0.25, -0.2) is 0 Å². The van der Waals surface area contributed by atoms with Crippen molar-refractivity contribution in [3.8, 4) is 12.1 Å². The molecule has 1 aromatic heterocycles. The van der Waals surface area contributed by atoms with E-state index < -0.39 is 0 Å². The molecule has 0 aliphatic carbocycles. The summed E-state index contributed by atoms with van der Waals surface area (Å²) < 4.78 is 6.31. The quantitative estimate of drug-likeness (QED) is 0.277. The van der Waals surface area contributed by atoms with Crippen molar-refractivity contribution in [2.75, 3.05) is 61.5 Å². The first kappa shape index (κ1) is 30.9. The summed E-state index contributed by atoms with van der Waals surface area (Å²) in [5, 5.41) is 13.3. The second-order valence-electron chi connectivity index (χ2n) is 12.0. The van der Waals surface area contributed by atoms with Gasteiger partial charge in [0.2, 0.25) is 5.91 Å². The molecule has 2 saturated heterocycles. The average molecular weight is 681 g/mol. The lowest BCUT2D eigenvalue weighted by atomic mass is 10.0. The summed E-state index contributed by atoms with van der Waals surface area (Å²) in [6, 6.07) is 15.2. The molecule has 4 heterocycles. The lowest BCUT2D eigenvalue weighted by Crippen LogP contribution is -2.55. The first-order valence-electron chi connectivity index (χ1n) is 15.6. The first-order valence-corrected chi connectivity index (χ1v) is 17.1. The normalized spacial score (nSPS) is 20.5. The van der Waals surface area contributed by atoms with Crippen LogP contribution in [0, 0.1) is 11.3 Å². The van der Waals surface area contributed by atoms with E-state index >= 15 is 0 Å². The van der Waals surface area contributed by atoms with E-state index in [0.29, 0.717) is 51.3 Å². The van der Waals surface area contributed by atoms with E-state index in [9.17, 15) is 10.1 Å². The van der Waals surface area contributed by atoms with Crippen molar-refractivity contribution in [1.29, 1.82) is 5.26 Å². The number of nitrogens with zero attached hydrogens (tertiary/aromatic N) is 7. The number of hydrogen-bond donors (Lipinski definition) is 0. The van der Waals surface area contributed by atoms with Crippen LogP contribution in [0.2, 0.25) is 5.02 Å². The van der Waals surface area contributed by atoms with Gasteiger partial charge < -0.3 is 24.3 Å². The summed E-state index contributed by atoms with van der Waals surface area (Å²) in [5.74, 6) is 0.985. The van der Waals surface area contributed by atoms with Crippen LogP contribution in [0.25, 0.3) is 10.8 Å². The maximum Gasteiger partial charge on any atom is 0.318 e. The molecule has 2 atom stereocenters. The van der Waals surface area contributed by atoms with Crippen molar-refractivity contribution in [1.82, 2.24) is 19.8 Å². The van der Waals surface area contributed by atoms with Gasteiger partial charge in [0.1, 0.15) is 12.4 Å². The molecule has 0 radical (unpaired) electrons. The molecule has 6 rings (SSSR count). The number of carbonyl (C=O) groups excluding carboxylic acids is 1. The van der Waals surface area contributed by atoms with Crippen molar-refractivity contribution >= 4 is 55.7 Å². The summed E-state index contributed by atoms with van der Waals surface area (Å²) in [7, 11) is 2.14. The number of likely N-dealkylation sites (N-methyl/N-ethyl adjacent to an activating group) is 1. The van der Waals surface area contributed by atoms with Gasteiger partial charge in [0.05, 0.1) is 35.8 Å². The summed E-state index contributed by atoms with van der Waals surface area (Å²) in [5.41, 5.74) is 3.17. The van der Waals surface area contributed by atoms with E-state index in [4.69, 9.17) is 26.3 Å². The second-order valence-corrected chi connectivity index (χ2v) is 13.2. The Labute approximate surface area is 272 Å². The SMILES string of the molecule is CN1CCC[C@H]1COc1nc2c(c(N3CCN(C(=O)CCCBr)[C@@H](CC#N)C3)n1)CCN(c1cccc3cccc(Cl)c13)C2. The van der Waals surface area contributed by atoms with Gasteiger partial charge in [0.25, 0.3) is 0 Å². The van der Waals surface area contributed by atoms with E-state index in [1.165, 1.54) is 6.42 Å². The minimum Gasteiger partial charge on any atom is -0.462 e. The number of rotatable bonds is 9. The monoisotopic (exact) mass is 679 g/mol. The van der Waals surface area contributed by atoms with Gasteiger partial charge >= 0.3 is 6.01 Å². The number of halogens is 2. The fraction of sp³-hybridized carbons (Fsp3) is 0.515. The molecule has 0 unspecified atom stereocenters. The molecule has 3 aliphatic rings. The third-order valence-corrected chi connectivity index (χ3v) is 10.1. The zero-order valence-corrected chi connectivity index (χ0v) is 27.6. The zero-order chi connectivity index (χ0) is 30.6. The molecule has 11 heteroatoms. The van der Waals surface area contributed by atoms with Gasteiger partial charge in [-0.3, -0.25) is 4.79 Å². The average Bonchev–Trinajstić information content (AvgIpc) is 3.46. The third-order valence-electron chi connectivity index (χ3n) is 9.23. The molecule has 2 fully saturated rings. The van der Waals surface area contributed by atoms with Crippen LogP contribution in [0.3, 0.4) is 0 Å². The van der Waals surface area contributed by atoms with Gasteiger partial charge in [-0.15, -0.1) is 0 Å². The Balaban J connectivity index is 1.31. The van der Waals surface area contributed by atoms with Crippen molar-refractivity contribution in [2.24, 2.45) is 0 Å². The summed E-state index contributed by atoms with van der Waals surface area (Å²) in [6.07, 6.45) is 4.60. The highest BCUT2D eigenvalue weighted by Gasteiger charge is 2.34. The van der Waals surface area contributed by atoms with Crippen molar-refractivity contribution < 1.29 is 9.53 Å². The number of benzene rings is 2. The molecule has 3 aliphatic heterocycles. The summed E-state index contributed by atoms with van der Waals surface area (Å²) >= 11 is 10.1. The Bertz CT molecular complexity index is 1540. The number of piperazine rings is 1. The Hall–Kier alpha value is -3.13. The fourth-order valence-electron chi connectivity index (χ4n) is 6.84. The number of aromatic nitrogens is 2. The number of fused-ring (bicyclic) bond motifs is 2. The third kappa shape index (κ3) is 6.46. The van der Waals surface area contributed by atoms with E-state index in [-0.39, 0.29) is 18.4 Å². The molecular weight excluding hydrogens is 642 g/mol. The van der Waals surface area contributed by atoms with Crippen LogP contribution in [0.15, 0.2) is 36.4 Å². The van der Waals surface area contributed by atoms with Gasteiger partial charge in [-0.1, -0.05) is 51.8 Å². The Morgan fingerprint density at radius 3 is 2.73 bits per heavy atom. The van der Waals surface area contributed by atoms with Crippen molar-refractivity contribution in [3.05, 3.63) is 52.7 Å². The molecular formula is C33H39BrClN7O2. The number of ether oxygens (including phenoxy) is 1. The summed E-state index contributed by atoms with van der Waals surface area (Å²) in [4.78, 5) is 31.8. The van der Waals surface area contributed by atoms with Crippen LogP contribution < -0.4 is 14.5 Å². The molecule has 1 amide bonds. The van der Waals surface area contributed by atoms with Crippen LogP contribution in [0.1, 0.15) is 43.4 Å². The molecule has 3 aromatic rings. The first-order chi connectivity index (χ1) is 21.5. The number of nitriles is 1. The second kappa shape index (κ2) is 13.9. The van der Waals surface area contributed by atoms with E-state index in [2.05, 4.69) is 68.0 Å². The predicted molar refractivity (Wildman–Crippen MR) is 178 cm³/mol. The maximum absolute atomic E-state index is 13.0. The molecule has 0 spiro atoms. The highest BCUT2D eigenvalue weighted by atomic mass is 79.9. The van der Waals surface area contributed by atoms with Crippen LogP contribution in [0.4, 0.5) is 11.5 Å². The van der Waals surface area contributed by atoms with E-state index in [0.717, 1.165) is 76.2 Å². The highest BCUT2D eigenvalue weighted by molar-refractivity contribution is 9.09. The lowest BCUT2D eigenvalue weighted by Gasteiger charge is -2.42. The van der Waals surface area contributed by atoms with Crippen LogP contribution in [-0.4, -0.2) is 89.5 Å². The predicted octanol–water partition coefficient (Wildman–Crippen LogP) is 5.42. The fourth-order valence-corrected chi connectivity index (χ4v) is 7.40. The zero-order valence-electron chi connectivity index (χ0n) is 25.2. The molecule has 232 valence electrons. The van der Waals surface area contributed by atoms with Crippen LogP contribution in [-0.2, 0) is 17.8 Å². The number of amides is 1. The molecule has 0 bridgehead atoms. The van der Waals surface area contributed by atoms with Gasteiger partial charge in [0.15, 0.2) is 0 Å². The molecule has 0 saturated carbocycles. The van der Waals surface area contributed by atoms with Gasteiger partial charge in [-0.2, -0.15) is 15.2 Å². The molecule has 0 N–H and O–H groups in total.